The number of piperidine rings is 1. The van der Waals surface area contributed by atoms with Gasteiger partial charge in [-0.15, -0.1) is 12.4 Å². The van der Waals surface area contributed by atoms with Gasteiger partial charge in [-0.3, -0.25) is 4.79 Å². The van der Waals surface area contributed by atoms with Crippen molar-refractivity contribution in [3.8, 4) is 0 Å². The van der Waals surface area contributed by atoms with Crippen LogP contribution in [0.15, 0.2) is 30.3 Å². The van der Waals surface area contributed by atoms with E-state index in [0.717, 1.165) is 31.0 Å². The highest BCUT2D eigenvalue weighted by atomic mass is 35.5. The number of rotatable bonds is 5. The van der Waals surface area contributed by atoms with Gasteiger partial charge in [0.25, 0.3) is 0 Å². The van der Waals surface area contributed by atoms with Crippen LogP contribution in [0.4, 0.5) is 0 Å². The third-order valence-electron chi connectivity index (χ3n) is 3.92. The quantitative estimate of drug-likeness (QED) is 0.877. The highest BCUT2D eigenvalue weighted by Crippen LogP contribution is 2.18. The lowest BCUT2D eigenvalue weighted by molar-refractivity contribution is -0.122. The van der Waals surface area contributed by atoms with Crippen LogP contribution in [0.1, 0.15) is 44.2 Å². The Morgan fingerprint density at radius 3 is 2.60 bits per heavy atom. The van der Waals surface area contributed by atoms with Crippen molar-refractivity contribution in [2.24, 2.45) is 5.92 Å². The predicted octanol–water partition coefficient (Wildman–Crippen LogP) is 3.07. The van der Waals surface area contributed by atoms with Gasteiger partial charge in [0.05, 0.1) is 6.04 Å². The molecule has 2 rings (SSSR count). The lowest BCUT2D eigenvalue weighted by Gasteiger charge is -2.22. The molecule has 1 aromatic rings. The number of carbonyl (C=O) groups excluding carboxylic acids is 1. The third-order valence-corrected chi connectivity index (χ3v) is 3.92. The minimum atomic E-state index is 0. The Morgan fingerprint density at radius 1 is 1.30 bits per heavy atom. The minimum Gasteiger partial charge on any atom is -0.350 e. The molecule has 0 saturated carbocycles. The Balaban J connectivity index is 0.00000200. The monoisotopic (exact) mass is 296 g/mol. The predicted molar refractivity (Wildman–Crippen MR) is 85.1 cm³/mol. The Kier molecular flexibility index (Phi) is 7.63. The summed E-state index contributed by atoms with van der Waals surface area (Å²) in [7, 11) is 0. The van der Waals surface area contributed by atoms with Crippen molar-refractivity contribution >= 4 is 18.3 Å². The van der Waals surface area contributed by atoms with Crippen molar-refractivity contribution in [2.75, 3.05) is 13.1 Å². The van der Waals surface area contributed by atoms with Gasteiger partial charge in [0.1, 0.15) is 0 Å². The van der Waals surface area contributed by atoms with E-state index in [1.165, 1.54) is 12.8 Å². The molecule has 20 heavy (non-hydrogen) atoms. The van der Waals surface area contributed by atoms with Crippen LogP contribution in [0.5, 0.6) is 0 Å². The zero-order chi connectivity index (χ0) is 13.5. The molecule has 0 spiro atoms. The Labute approximate surface area is 127 Å². The summed E-state index contributed by atoms with van der Waals surface area (Å²) in [5.41, 5.74) is 1.16. The summed E-state index contributed by atoms with van der Waals surface area (Å²) in [4.78, 5) is 11.9. The smallest absolute Gasteiger partial charge is 0.220 e. The number of halogens is 1. The molecule has 0 bridgehead atoms. The van der Waals surface area contributed by atoms with Gasteiger partial charge in [-0.05, 0) is 50.8 Å². The van der Waals surface area contributed by atoms with Crippen LogP contribution in [0.2, 0.25) is 0 Å². The molecule has 1 amide bonds. The minimum absolute atomic E-state index is 0. The summed E-state index contributed by atoms with van der Waals surface area (Å²) in [5.74, 6) is 0.897. The molecule has 1 atom stereocenters. The van der Waals surface area contributed by atoms with Crippen LogP contribution in [-0.2, 0) is 4.79 Å². The second-order valence-electron chi connectivity index (χ2n) is 5.43. The molecule has 2 N–H and O–H groups in total. The number of hydrogen-bond acceptors (Lipinski definition) is 2. The van der Waals surface area contributed by atoms with Crippen molar-refractivity contribution in [1.29, 1.82) is 0 Å². The molecule has 4 heteroatoms. The van der Waals surface area contributed by atoms with E-state index in [4.69, 9.17) is 0 Å². The van der Waals surface area contributed by atoms with Crippen LogP contribution in [0, 0.1) is 5.92 Å². The molecule has 0 aliphatic carbocycles. The van der Waals surface area contributed by atoms with E-state index >= 15 is 0 Å². The summed E-state index contributed by atoms with van der Waals surface area (Å²) < 4.78 is 0. The number of carbonyl (C=O) groups is 1. The first-order valence-corrected chi connectivity index (χ1v) is 7.30. The Bertz CT molecular complexity index is 391. The first-order chi connectivity index (χ1) is 9.25. The molecule has 1 aromatic carbocycles. The maximum absolute atomic E-state index is 11.9. The van der Waals surface area contributed by atoms with E-state index in [1.807, 2.05) is 25.1 Å². The number of amides is 1. The fourth-order valence-electron chi connectivity index (χ4n) is 2.64. The van der Waals surface area contributed by atoms with Crippen LogP contribution in [0.25, 0.3) is 0 Å². The molecule has 1 fully saturated rings. The summed E-state index contributed by atoms with van der Waals surface area (Å²) in [6.45, 7) is 4.25. The van der Waals surface area contributed by atoms with Gasteiger partial charge in [0, 0.05) is 6.42 Å². The molecule has 112 valence electrons. The van der Waals surface area contributed by atoms with Gasteiger partial charge in [-0.2, -0.15) is 0 Å². The Hall–Kier alpha value is -1.06. The zero-order valence-corrected chi connectivity index (χ0v) is 12.9. The fraction of sp³-hybridized carbons (Fsp3) is 0.562. The number of benzene rings is 1. The second kappa shape index (κ2) is 8.98. The molecule has 0 unspecified atom stereocenters. The van der Waals surface area contributed by atoms with E-state index in [1.54, 1.807) is 0 Å². The summed E-state index contributed by atoms with van der Waals surface area (Å²) in [5, 5.41) is 6.44. The van der Waals surface area contributed by atoms with Gasteiger partial charge in [-0.25, -0.2) is 0 Å². The van der Waals surface area contributed by atoms with E-state index < -0.39 is 0 Å². The largest absolute Gasteiger partial charge is 0.350 e. The molecule has 1 saturated heterocycles. The van der Waals surface area contributed by atoms with Crippen LogP contribution >= 0.6 is 12.4 Å². The average Bonchev–Trinajstić information content (AvgIpc) is 2.47. The van der Waals surface area contributed by atoms with E-state index in [2.05, 4.69) is 22.8 Å². The van der Waals surface area contributed by atoms with E-state index in [0.29, 0.717) is 6.42 Å². The normalized spacial score (nSPS) is 17.1. The summed E-state index contributed by atoms with van der Waals surface area (Å²) in [6, 6.07) is 10.2. The SMILES string of the molecule is C[C@@H](NC(=O)CCC1CCNCC1)c1ccccc1.Cl. The number of hydrogen-bond donors (Lipinski definition) is 2. The molecular formula is C16H25ClN2O. The molecule has 0 aromatic heterocycles. The number of nitrogens with one attached hydrogen (secondary N) is 2. The van der Waals surface area contributed by atoms with Crippen molar-refractivity contribution in [2.45, 2.75) is 38.6 Å². The third kappa shape index (κ3) is 5.51. The highest BCUT2D eigenvalue weighted by molar-refractivity contribution is 5.85. The van der Waals surface area contributed by atoms with Crippen molar-refractivity contribution in [1.82, 2.24) is 10.6 Å². The molecule has 1 heterocycles. The molecule has 0 radical (unpaired) electrons. The van der Waals surface area contributed by atoms with Crippen LogP contribution < -0.4 is 10.6 Å². The van der Waals surface area contributed by atoms with Gasteiger partial charge in [0.15, 0.2) is 0 Å². The van der Waals surface area contributed by atoms with E-state index in [9.17, 15) is 4.79 Å². The fourth-order valence-corrected chi connectivity index (χ4v) is 2.64. The van der Waals surface area contributed by atoms with Gasteiger partial charge in [-0.1, -0.05) is 30.3 Å². The lowest BCUT2D eigenvalue weighted by Crippen LogP contribution is -2.30. The van der Waals surface area contributed by atoms with Gasteiger partial charge < -0.3 is 10.6 Å². The maximum Gasteiger partial charge on any atom is 0.220 e. The van der Waals surface area contributed by atoms with Gasteiger partial charge in [0.2, 0.25) is 5.91 Å². The Morgan fingerprint density at radius 2 is 1.95 bits per heavy atom. The van der Waals surface area contributed by atoms with Crippen LogP contribution in [0.3, 0.4) is 0 Å². The molecular weight excluding hydrogens is 272 g/mol. The first kappa shape index (κ1) is 17.0. The second-order valence-corrected chi connectivity index (χ2v) is 5.43. The van der Waals surface area contributed by atoms with E-state index in [-0.39, 0.29) is 24.4 Å². The first-order valence-electron chi connectivity index (χ1n) is 7.30. The highest BCUT2D eigenvalue weighted by Gasteiger charge is 2.15. The molecule has 1 aliphatic rings. The summed E-state index contributed by atoms with van der Waals surface area (Å²) in [6.07, 6.45) is 4.10. The topological polar surface area (TPSA) is 41.1 Å². The van der Waals surface area contributed by atoms with Crippen molar-refractivity contribution < 1.29 is 4.79 Å². The zero-order valence-electron chi connectivity index (χ0n) is 12.1. The van der Waals surface area contributed by atoms with Crippen molar-refractivity contribution in [3.05, 3.63) is 35.9 Å². The summed E-state index contributed by atoms with van der Waals surface area (Å²) >= 11 is 0. The van der Waals surface area contributed by atoms with Crippen LogP contribution in [-0.4, -0.2) is 19.0 Å². The maximum atomic E-state index is 11.9. The molecule has 1 aliphatic heterocycles. The lowest BCUT2D eigenvalue weighted by atomic mass is 9.93. The average molecular weight is 297 g/mol. The van der Waals surface area contributed by atoms with Crippen molar-refractivity contribution in [3.63, 3.8) is 0 Å². The van der Waals surface area contributed by atoms with Gasteiger partial charge >= 0.3 is 0 Å². The standard InChI is InChI=1S/C16H24N2O.ClH/c1-13(15-5-3-2-4-6-15)18-16(19)8-7-14-9-11-17-12-10-14;/h2-6,13-14,17H,7-12H2,1H3,(H,18,19);1H/t13-;/m1./s1. The molecule has 3 nitrogen and oxygen atoms in total.